The van der Waals surface area contributed by atoms with Gasteiger partial charge in [-0.3, -0.25) is 14.5 Å². The summed E-state index contributed by atoms with van der Waals surface area (Å²) in [6.45, 7) is 1.94. The molecule has 33 heavy (non-hydrogen) atoms. The number of carbonyl (C=O) groups excluding carboxylic acids is 2. The van der Waals surface area contributed by atoms with Gasteiger partial charge in [-0.05, 0) is 59.2 Å². The number of hydrogen-bond donors (Lipinski definition) is 1. The maximum absolute atomic E-state index is 13.7. The molecule has 2 N–H and O–H groups in total. The standard InChI is InChI=1S/C28H27N3O2/c29-26(32)22-16-28(22)21-9-1-2-10-23(21)31(27(28)33)19-11-13-30(14-12-19)24-15-18-7-3-5-17-6-4-8-20(24)25(17)18/h1-10,19,22,24H,11-16H2,(H2,29,32). The summed E-state index contributed by atoms with van der Waals surface area (Å²) < 4.78 is 0. The van der Waals surface area contributed by atoms with E-state index in [1.54, 1.807) is 0 Å². The van der Waals surface area contributed by atoms with Gasteiger partial charge in [0.15, 0.2) is 0 Å². The van der Waals surface area contributed by atoms with E-state index in [2.05, 4.69) is 41.3 Å². The molecule has 2 aliphatic carbocycles. The highest BCUT2D eigenvalue weighted by Crippen LogP contribution is 2.62. The number of piperidine rings is 1. The maximum atomic E-state index is 13.7. The number of para-hydroxylation sites is 1. The molecule has 0 aromatic heterocycles. The molecule has 1 saturated carbocycles. The molecule has 2 aliphatic heterocycles. The Bertz CT molecular complexity index is 1320. The number of fused-ring (bicyclic) bond motifs is 2. The fourth-order valence-corrected chi connectivity index (χ4v) is 7.00. The molecular weight excluding hydrogens is 410 g/mol. The Morgan fingerprint density at radius 3 is 2.48 bits per heavy atom. The lowest BCUT2D eigenvalue weighted by Gasteiger charge is -2.40. The van der Waals surface area contributed by atoms with Crippen LogP contribution in [-0.4, -0.2) is 35.8 Å². The van der Waals surface area contributed by atoms with E-state index < -0.39 is 5.41 Å². The molecule has 166 valence electrons. The number of hydrogen-bond acceptors (Lipinski definition) is 3. The Labute approximate surface area is 193 Å². The van der Waals surface area contributed by atoms with Crippen LogP contribution in [0.2, 0.25) is 0 Å². The first kappa shape index (κ1) is 19.3. The SMILES string of the molecule is NC(=O)C1CC12C(=O)N(C1CCN(C3Cc4cccc5cccc3c45)CC1)c1ccccc12. The van der Waals surface area contributed by atoms with Gasteiger partial charge in [0.05, 0.1) is 11.3 Å². The van der Waals surface area contributed by atoms with Crippen LogP contribution in [0.3, 0.4) is 0 Å². The van der Waals surface area contributed by atoms with Crippen molar-refractivity contribution < 1.29 is 9.59 Å². The van der Waals surface area contributed by atoms with E-state index in [0.29, 0.717) is 12.5 Å². The maximum Gasteiger partial charge on any atom is 0.238 e. The second-order valence-electron chi connectivity index (χ2n) is 10.2. The van der Waals surface area contributed by atoms with Crippen LogP contribution < -0.4 is 10.6 Å². The van der Waals surface area contributed by atoms with Crippen molar-refractivity contribution in [1.29, 1.82) is 0 Å². The Kier molecular flexibility index (Phi) is 3.90. The highest BCUT2D eigenvalue weighted by molar-refractivity contribution is 6.14. The van der Waals surface area contributed by atoms with Crippen molar-refractivity contribution in [2.45, 2.75) is 43.2 Å². The molecule has 1 spiro atoms. The number of likely N-dealkylation sites (tertiary alicyclic amines) is 1. The minimum Gasteiger partial charge on any atom is -0.369 e. The Balaban J connectivity index is 1.14. The van der Waals surface area contributed by atoms with Crippen LogP contribution in [0.5, 0.6) is 0 Å². The molecule has 5 nitrogen and oxygen atoms in total. The molecule has 0 bridgehead atoms. The number of nitrogens with two attached hydrogens (primary N) is 1. The monoisotopic (exact) mass is 437 g/mol. The van der Waals surface area contributed by atoms with Crippen LogP contribution in [0.4, 0.5) is 5.69 Å². The van der Waals surface area contributed by atoms with Crippen LogP contribution >= 0.6 is 0 Å². The number of amides is 2. The summed E-state index contributed by atoms with van der Waals surface area (Å²) >= 11 is 0. The van der Waals surface area contributed by atoms with E-state index in [0.717, 1.165) is 43.6 Å². The zero-order valence-electron chi connectivity index (χ0n) is 18.5. The van der Waals surface area contributed by atoms with Crippen molar-refractivity contribution in [2.75, 3.05) is 18.0 Å². The molecular formula is C28H27N3O2. The van der Waals surface area contributed by atoms with Crippen LogP contribution in [-0.2, 0) is 21.4 Å². The molecule has 2 amide bonds. The summed E-state index contributed by atoms with van der Waals surface area (Å²) in [4.78, 5) is 30.3. The molecule has 3 atom stereocenters. The number of primary amides is 1. The topological polar surface area (TPSA) is 66.6 Å². The molecule has 2 heterocycles. The molecule has 2 fully saturated rings. The van der Waals surface area contributed by atoms with E-state index in [1.807, 2.05) is 29.2 Å². The first-order chi connectivity index (χ1) is 16.1. The second kappa shape index (κ2) is 6.67. The largest absolute Gasteiger partial charge is 0.369 e. The molecule has 1 saturated heterocycles. The third-order valence-corrected chi connectivity index (χ3v) is 8.65. The minimum absolute atomic E-state index is 0.0870. The molecule has 0 radical (unpaired) electrons. The quantitative estimate of drug-likeness (QED) is 0.680. The zero-order valence-corrected chi connectivity index (χ0v) is 18.5. The highest BCUT2D eigenvalue weighted by atomic mass is 16.2. The van der Waals surface area contributed by atoms with Gasteiger partial charge in [-0.15, -0.1) is 0 Å². The Morgan fingerprint density at radius 1 is 0.970 bits per heavy atom. The Morgan fingerprint density at radius 2 is 1.73 bits per heavy atom. The fourth-order valence-electron chi connectivity index (χ4n) is 7.00. The average Bonchev–Trinajstić information content (AvgIpc) is 3.43. The lowest BCUT2D eigenvalue weighted by molar-refractivity contribution is -0.125. The number of rotatable bonds is 3. The van der Waals surface area contributed by atoms with Gasteiger partial charge in [-0.2, -0.15) is 0 Å². The van der Waals surface area contributed by atoms with Crippen LogP contribution in [0.1, 0.15) is 42.0 Å². The van der Waals surface area contributed by atoms with Crippen molar-refractivity contribution in [2.24, 2.45) is 11.7 Å². The molecule has 3 unspecified atom stereocenters. The van der Waals surface area contributed by atoms with Gasteiger partial charge in [-0.1, -0.05) is 54.6 Å². The summed E-state index contributed by atoms with van der Waals surface area (Å²) in [5, 5.41) is 2.77. The van der Waals surface area contributed by atoms with Gasteiger partial charge < -0.3 is 10.6 Å². The zero-order chi connectivity index (χ0) is 22.3. The summed E-state index contributed by atoms with van der Waals surface area (Å²) in [7, 11) is 0. The number of nitrogens with zero attached hydrogens (tertiary/aromatic N) is 2. The lowest BCUT2D eigenvalue weighted by Crippen LogP contribution is -2.48. The fraction of sp³-hybridized carbons (Fsp3) is 0.357. The van der Waals surface area contributed by atoms with Crippen molar-refractivity contribution in [3.8, 4) is 0 Å². The van der Waals surface area contributed by atoms with Crippen LogP contribution in [0.15, 0.2) is 60.7 Å². The molecule has 3 aromatic rings. The van der Waals surface area contributed by atoms with E-state index in [4.69, 9.17) is 5.73 Å². The average molecular weight is 438 g/mol. The number of carbonyl (C=O) groups is 2. The first-order valence-electron chi connectivity index (χ1n) is 12.1. The Hall–Kier alpha value is -3.18. The van der Waals surface area contributed by atoms with E-state index >= 15 is 0 Å². The minimum atomic E-state index is -0.706. The first-order valence-corrected chi connectivity index (χ1v) is 12.1. The lowest BCUT2D eigenvalue weighted by atomic mass is 9.94. The summed E-state index contributed by atoms with van der Waals surface area (Å²) in [5.41, 5.74) is 9.82. The van der Waals surface area contributed by atoms with Gasteiger partial charge >= 0.3 is 0 Å². The normalized spacial score (nSPS) is 28.6. The van der Waals surface area contributed by atoms with Gasteiger partial charge in [0, 0.05) is 30.9 Å². The summed E-state index contributed by atoms with van der Waals surface area (Å²) in [5.74, 6) is -0.637. The van der Waals surface area contributed by atoms with Gasteiger partial charge in [0.2, 0.25) is 11.8 Å². The van der Waals surface area contributed by atoms with Crippen molar-refractivity contribution in [3.63, 3.8) is 0 Å². The number of anilines is 1. The van der Waals surface area contributed by atoms with Crippen molar-refractivity contribution in [3.05, 3.63) is 77.4 Å². The van der Waals surface area contributed by atoms with Gasteiger partial charge in [-0.25, -0.2) is 0 Å². The molecule has 3 aromatic carbocycles. The third-order valence-electron chi connectivity index (χ3n) is 8.65. The summed E-state index contributed by atoms with van der Waals surface area (Å²) in [6, 6.07) is 21.9. The van der Waals surface area contributed by atoms with Crippen molar-refractivity contribution in [1.82, 2.24) is 4.90 Å². The molecule has 5 heteroatoms. The predicted molar refractivity (Wildman–Crippen MR) is 128 cm³/mol. The predicted octanol–water partition coefficient (Wildman–Crippen LogP) is 3.69. The molecule has 7 rings (SSSR count). The smallest absolute Gasteiger partial charge is 0.238 e. The van der Waals surface area contributed by atoms with Crippen LogP contribution in [0, 0.1) is 5.92 Å². The second-order valence-corrected chi connectivity index (χ2v) is 10.2. The molecule has 4 aliphatic rings. The third kappa shape index (κ3) is 2.51. The van der Waals surface area contributed by atoms with Gasteiger partial charge in [0.1, 0.15) is 0 Å². The van der Waals surface area contributed by atoms with E-state index in [1.165, 1.54) is 21.9 Å². The summed E-state index contributed by atoms with van der Waals surface area (Å²) in [6.07, 6.45) is 3.51. The highest BCUT2D eigenvalue weighted by Gasteiger charge is 2.69. The van der Waals surface area contributed by atoms with Crippen molar-refractivity contribution >= 4 is 28.3 Å². The van der Waals surface area contributed by atoms with E-state index in [9.17, 15) is 9.59 Å². The number of benzene rings is 3. The van der Waals surface area contributed by atoms with Crippen LogP contribution in [0.25, 0.3) is 10.8 Å². The van der Waals surface area contributed by atoms with Gasteiger partial charge in [0.25, 0.3) is 0 Å². The van der Waals surface area contributed by atoms with E-state index in [-0.39, 0.29) is 23.8 Å².